The van der Waals surface area contributed by atoms with Gasteiger partial charge in [0.1, 0.15) is 5.78 Å². The van der Waals surface area contributed by atoms with Gasteiger partial charge in [-0.2, -0.15) is 0 Å². The first kappa shape index (κ1) is 12.5. The second kappa shape index (κ2) is 5.47. The minimum absolute atomic E-state index is 0.0977. The van der Waals surface area contributed by atoms with Gasteiger partial charge in [0.15, 0.2) is 0 Å². The molecule has 1 rings (SSSR count). The van der Waals surface area contributed by atoms with Gasteiger partial charge in [0.25, 0.3) is 0 Å². The zero-order valence-corrected chi connectivity index (χ0v) is 12.1. The predicted octanol–water partition coefficient (Wildman–Crippen LogP) is 4.06. The van der Waals surface area contributed by atoms with Crippen LogP contribution in [0, 0.1) is 3.57 Å². The Balaban J connectivity index is 3.23. The van der Waals surface area contributed by atoms with Gasteiger partial charge in [0.2, 0.25) is 0 Å². The Morgan fingerprint density at radius 3 is 2.79 bits per heavy atom. The number of halogens is 3. The number of benzene rings is 1. The summed E-state index contributed by atoms with van der Waals surface area (Å²) in [6, 6.07) is 5.87. The van der Waals surface area contributed by atoms with E-state index in [1.165, 1.54) is 0 Å². The minimum Gasteiger partial charge on any atom is -0.298 e. The number of carbonyl (C=O) groups is 1. The van der Waals surface area contributed by atoms with Crippen LogP contribution < -0.4 is 0 Å². The van der Waals surface area contributed by atoms with Crippen molar-refractivity contribution in [2.75, 3.05) is 0 Å². The van der Waals surface area contributed by atoms with E-state index in [0.717, 1.165) is 14.7 Å². The van der Waals surface area contributed by atoms with Crippen LogP contribution in [0.5, 0.6) is 0 Å². The molecule has 0 bridgehead atoms. The molecule has 1 aromatic carbocycles. The average molecular weight is 387 g/mol. The first-order chi connectivity index (χ1) is 6.57. The highest BCUT2D eigenvalue weighted by molar-refractivity contribution is 14.1. The molecule has 0 aliphatic heterocycles. The molecule has 1 aromatic rings. The molecule has 1 atom stereocenters. The van der Waals surface area contributed by atoms with E-state index in [4.69, 9.17) is 11.6 Å². The molecule has 0 N–H and O–H groups in total. The van der Waals surface area contributed by atoms with Crippen molar-refractivity contribution in [1.82, 2.24) is 0 Å². The minimum atomic E-state index is -0.246. The lowest BCUT2D eigenvalue weighted by Gasteiger charge is -2.13. The molecule has 4 heteroatoms. The van der Waals surface area contributed by atoms with Crippen LogP contribution in [0.4, 0.5) is 0 Å². The van der Waals surface area contributed by atoms with Crippen molar-refractivity contribution >= 4 is 55.9 Å². The molecule has 0 heterocycles. The molecule has 0 amide bonds. The summed E-state index contributed by atoms with van der Waals surface area (Å²) in [4.78, 5) is 11.0. The molecular formula is C10H9BrClIO. The second-order valence-electron chi connectivity index (χ2n) is 2.92. The normalized spacial score (nSPS) is 12.6. The Labute approximate surface area is 110 Å². The smallest absolute Gasteiger partial charge is 0.147 e. The molecule has 0 aromatic heterocycles. The predicted molar refractivity (Wildman–Crippen MR) is 71.1 cm³/mol. The number of rotatable bonds is 3. The summed E-state index contributed by atoms with van der Waals surface area (Å²) in [7, 11) is 0. The van der Waals surface area contributed by atoms with Gasteiger partial charge in [-0.05, 0) is 46.7 Å². The maximum atomic E-state index is 11.3. The van der Waals surface area contributed by atoms with Crippen LogP contribution in [0.3, 0.4) is 0 Å². The molecule has 1 nitrogen and oxygen atoms in total. The van der Waals surface area contributed by atoms with Gasteiger partial charge >= 0.3 is 0 Å². The van der Waals surface area contributed by atoms with Gasteiger partial charge in [-0.25, -0.2) is 0 Å². The summed E-state index contributed by atoms with van der Waals surface area (Å²) in [5.74, 6) is 0.530. The van der Waals surface area contributed by atoms with Crippen molar-refractivity contribution in [1.29, 1.82) is 0 Å². The Hall–Kier alpha value is 0.390. The van der Waals surface area contributed by atoms with Crippen molar-refractivity contribution in [3.05, 3.63) is 32.9 Å². The number of carbonyl (C=O) groups excluding carboxylic acids is 1. The summed E-state index contributed by atoms with van der Waals surface area (Å²) in [5.41, 5.74) is 2.01. The Morgan fingerprint density at radius 2 is 2.29 bits per heavy atom. The molecule has 0 fully saturated rings. The highest BCUT2D eigenvalue weighted by Gasteiger charge is 2.18. The molecule has 1 unspecified atom stereocenters. The maximum Gasteiger partial charge on any atom is 0.147 e. The Bertz CT molecular complexity index is 354. The summed E-state index contributed by atoms with van der Waals surface area (Å²) in [6.45, 7) is 1.57. The van der Waals surface area contributed by atoms with Crippen LogP contribution >= 0.6 is 50.1 Å². The molecule has 76 valence electrons. The third-order valence-electron chi connectivity index (χ3n) is 1.90. The summed E-state index contributed by atoms with van der Waals surface area (Å²) < 4.78 is 1.07. The Morgan fingerprint density at radius 1 is 1.64 bits per heavy atom. The standard InChI is InChI=1S/C10H9BrClIO/c1-6(14)10(11)9-7(5-12)3-2-4-8(9)13/h2-4,10H,5H2,1H3. The summed E-state index contributed by atoms with van der Waals surface area (Å²) >= 11 is 11.4. The van der Waals surface area contributed by atoms with Gasteiger partial charge in [-0.1, -0.05) is 28.1 Å². The van der Waals surface area contributed by atoms with Gasteiger partial charge in [-0.3, -0.25) is 4.79 Å². The lowest BCUT2D eigenvalue weighted by molar-refractivity contribution is -0.116. The van der Waals surface area contributed by atoms with Crippen LogP contribution in [0.1, 0.15) is 22.9 Å². The van der Waals surface area contributed by atoms with Crippen LogP contribution in [0.2, 0.25) is 0 Å². The number of ketones is 1. The molecule has 0 saturated heterocycles. The molecule has 0 saturated carbocycles. The van der Waals surface area contributed by atoms with E-state index >= 15 is 0 Å². The molecule has 0 aliphatic rings. The van der Waals surface area contributed by atoms with Crippen molar-refractivity contribution < 1.29 is 4.79 Å². The first-order valence-electron chi connectivity index (χ1n) is 4.05. The molecule has 14 heavy (non-hydrogen) atoms. The zero-order chi connectivity index (χ0) is 10.7. The van der Waals surface area contributed by atoms with E-state index < -0.39 is 0 Å². The SMILES string of the molecule is CC(=O)C(Br)c1c(I)cccc1CCl. The fraction of sp³-hybridized carbons (Fsp3) is 0.300. The third kappa shape index (κ3) is 2.70. The van der Waals surface area contributed by atoms with Gasteiger partial charge < -0.3 is 0 Å². The van der Waals surface area contributed by atoms with E-state index in [-0.39, 0.29) is 10.6 Å². The Kier molecular flexibility index (Phi) is 4.87. The van der Waals surface area contributed by atoms with Crippen LogP contribution in [-0.2, 0) is 10.7 Å². The molecular weight excluding hydrogens is 378 g/mol. The number of hydrogen-bond donors (Lipinski definition) is 0. The number of hydrogen-bond acceptors (Lipinski definition) is 1. The van der Waals surface area contributed by atoms with E-state index in [1.807, 2.05) is 18.2 Å². The number of Topliss-reactive ketones (excluding diaryl/α,β-unsaturated/α-hetero) is 1. The largest absolute Gasteiger partial charge is 0.298 e. The van der Waals surface area contributed by atoms with Crippen LogP contribution in [0.25, 0.3) is 0 Å². The van der Waals surface area contributed by atoms with Crippen molar-refractivity contribution in [2.24, 2.45) is 0 Å². The zero-order valence-electron chi connectivity index (χ0n) is 7.56. The molecule has 0 radical (unpaired) electrons. The summed E-state index contributed by atoms with van der Waals surface area (Å²) in [6.07, 6.45) is 0. The topological polar surface area (TPSA) is 17.1 Å². The fourth-order valence-corrected chi connectivity index (χ4v) is 3.25. The van der Waals surface area contributed by atoms with Crippen molar-refractivity contribution in [2.45, 2.75) is 17.6 Å². The fourth-order valence-electron chi connectivity index (χ4n) is 1.19. The lowest BCUT2D eigenvalue weighted by Crippen LogP contribution is -2.06. The highest BCUT2D eigenvalue weighted by Crippen LogP contribution is 2.31. The average Bonchev–Trinajstić information content (AvgIpc) is 2.16. The maximum absolute atomic E-state index is 11.3. The van der Waals surface area contributed by atoms with Gasteiger partial charge in [0.05, 0.1) is 4.83 Å². The van der Waals surface area contributed by atoms with Gasteiger partial charge in [0, 0.05) is 9.45 Å². The monoisotopic (exact) mass is 386 g/mol. The van der Waals surface area contributed by atoms with Crippen molar-refractivity contribution in [3.63, 3.8) is 0 Å². The third-order valence-corrected chi connectivity index (χ3v) is 4.23. The van der Waals surface area contributed by atoms with Crippen LogP contribution in [0.15, 0.2) is 18.2 Å². The van der Waals surface area contributed by atoms with E-state index in [9.17, 15) is 4.79 Å². The highest BCUT2D eigenvalue weighted by atomic mass is 127. The number of alkyl halides is 2. The lowest BCUT2D eigenvalue weighted by atomic mass is 10.0. The molecule has 0 spiro atoms. The van der Waals surface area contributed by atoms with Crippen LogP contribution in [-0.4, -0.2) is 5.78 Å². The second-order valence-corrected chi connectivity index (χ2v) is 5.26. The van der Waals surface area contributed by atoms with E-state index in [1.54, 1.807) is 6.92 Å². The first-order valence-corrected chi connectivity index (χ1v) is 6.58. The van der Waals surface area contributed by atoms with Crippen molar-refractivity contribution in [3.8, 4) is 0 Å². The van der Waals surface area contributed by atoms with E-state index in [2.05, 4.69) is 38.5 Å². The summed E-state index contributed by atoms with van der Waals surface area (Å²) in [5, 5.41) is 0. The quantitative estimate of drug-likeness (QED) is 0.565. The van der Waals surface area contributed by atoms with Gasteiger partial charge in [-0.15, -0.1) is 11.6 Å². The molecule has 0 aliphatic carbocycles. The van der Waals surface area contributed by atoms with E-state index in [0.29, 0.717) is 5.88 Å².